The van der Waals surface area contributed by atoms with Gasteiger partial charge in [0.05, 0.1) is 12.8 Å². The highest BCUT2D eigenvalue weighted by Crippen LogP contribution is 2.21. The van der Waals surface area contributed by atoms with E-state index < -0.39 is 0 Å². The van der Waals surface area contributed by atoms with Gasteiger partial charge in [0.1, 0.15) is 18.3 Å². The topological polar surface area (TPSA) is 79.2 Å². The van der Waals surface area contributed by atoms with Crippen LogP contribution in [0.4, 0.5) is 0 Å². The highest BCUT2D eigenvalue weighted by Gasteiger charge is 2.39. The zero-order valence-electron chi connectivity index (χ0n) is 14.7. The van der Waals surface area contributed by atoms with Crippen molar-refractivity contribution in [3.63, 3.8) is 0 Å². The molecule has 0 aliphatic carbocycles. The van der Waals surface area contributed by atoms with E-state index in [-0.39, 0.29) is 23.9 Å². The lowest BCUT2D eigenvalue weighted by atomic mass is 9.95. The summed E-state index contributed by atoms with van der Waals surface area (Å²) in [6.07, 6.45) is 3.91. The number of nitrogens with two attached hydrogens (primary N) is 1. The molecule has 2 amide bonds. The molecule has 2 aliphatic heterocycles. The number of benzene rings is 1. The standard InChI is InChI=1S/C20H23N3O3/c24-19(22-13-16-7-4-10-26-16)18-8-3-9-23(18)20(25)17-11-14-5-1-2-6-15(14)12-21-17/h1-2,4-7,10,17-18,21H,3,8-9,11-13H2,(H,22,24)/p+1/t17-,18+/m0/s1. The van der Waals surface area contributed by atoms with Crippen LogP contribution in [0.25, 0.3) is 0 Å². The minimum Gasteiger partial charge on any atom is -0.467 e. The minimum absolute atomic E-state index is 0.0788. The molecule has 6 heteroatoms. The van der Waals surface area contributed by atoms with Crippen molar-refractivity contribution in [1.29, 1.82) is 0 Å². The zero-order chi connectivity index (χ0) is 17.9. The van der Waals surface area contributed by atoms with Crippen molar-refractivity contribution >= 4 is 11.8 Å². The van der Waals surface area contributed by atoms with Crippen molar-refractivity contribution in [2.45, 2.75) is 44.4 Å². The number of nitrogens with one attached hydrogen (secondary N) is 1. The van der Waals surface area contributed by atoms with Gasteiger partial charge in [-0.05, 0) is 30.5 Å². The van der Waals surface area contributed by atoms with Crippen LogP contribution in [0.15, 0.2) is 47.1 Å². The fourth-order valence-corrected chi connectivity index (χ4v) is 3.95. The minimum atomic E-state index is -0.372. The molecule has 0 saturated carbocycles. The number of likely N-dealkylation sites (tertiary alicyclic amines) is 1. The molecule has 3 N–H and O–H groups in total. The summed E-state index contributed by atoms with van der Waals surface area (Å²) in [6.45, 7) is 1.83. The SMILES string of the molecule is O=C(NCc1ccco1)[C@H]1CCCN1C(=O)[C@@H]1Cc2ccccc2C[NH2+]1. The van der Waals surface area contributed by atoms with Crippen molar-refractivity contribution in [2.24, 2.45) is 0 Å². The molecular weight excluding hydrogens is 330 g/mol. The fourth-order valence-electron chi connectivity index (χ4n) is 3.95. The Morgan fingerprint density at radius 2 is 2.04 bits per heavy atom. The van der Waals surface area contributed by atoms with Crippen LogP contribution in [0.2, 0.25) is 0 Å². The van der Waals surface area contributed by atoms with Crippen LogP contribution in [0.5, 0.6) is 0 Å². The van der Waals surface area contributed by atoms with Crippen molar-refractivity contribution in [3.05, 3.63) is 59.5 Å². The van der Waals surface area contributed by atoms with E-state index in [4.69, 9.17) is 4.42 Å². The average molecular weight is 354 g/mol. The van der Waals surface area contributed by atoms with Crippen LogP contribution >= 0.6 is 0 Å². The highest BCUT2D eigenvalue weighted by molar-refractivity contribution is 5.90. The summed E-state index contributed by atoms with van der Waals surface area (Å²) < 4.78 is 5.25. The largest absolute Gasteiger partial charge is 0.467 e. The molecule has 2 atom stereocenters. The maximum absolute atomic E-state index is 13.1. The van der Waals surface area contributed by atoms with Crippen molar-refractivity contribution in [3.8, 4) is 0 Å². The third kappa shape index (κ3) is 3.37. The molecule has 3 heterocycles. The molecule has 0 unspecified atom stereocenters. The lowest BCUT2D eigenvalue weighted by Crippen LogP contribution is -2.93. The quantitative estimate of drug-likeness (QED) is 0.843. The number of amides is 2. The lowest BCUT2D eigenvalue weighted by Gasteiger charge is -2.29. The molecular formula is C20H24N3O3+. The van der Waals surface area contributed by atoms with Gasteiger partial charge >= 0.3 is 0 Å². The van der Waals surface area contributed by atoms with Gasteiger partial charge < -0.3 is 20.0 Å². The molecule has 1 aromatic heterocycles. The number of carbonyl (C=O) groups excluding carboxylic acids is 2. The van der Waals surface area contributed by atoms with Gasteiger partial charge in [0.15, 0.2) is 6.04 Å². The van der Waals surface area contributed by atoms with E-state index >= 15 is 0 Å². The first-order chi connectivity index (χ1) is 12.7. The van der Waals surface area contributed by atoms with Crippen LogP contribution in [-0.4, -0.2) is 35.3 Å². The zero-order valence-corrected chi connectivity index (χ0v) is 14.7. The maximum Gasteiger partial charge on any atom is 0.281 e. The Hall–Kier alpha value is -2.60. The Bertz CT molecular complexity index is 787. The Kier molecular flexibility index (Phi) is 4.75. The first kappa shape index (κ1) is 16.8. The number of rotatable bonds is 4. The Labute approximate surface area is 152 Å². The second-order valence-corrected chi connectivity index (χ2v) is 7.01. The average Bonchev–Trinajstić information content (AvgIpc) is 3.37. The van der Waals surface area contributed by atoms with E-state index in [1.54, 1.807) is 17.2 Å². The number of furan rings is 1. The smallest absolute Gasteiger partial charge is 0.281 e. The predicted octanol–water partition coefficient (Wildman–Crippen LogP) is 0.575. The molecule has 0 radical (unpaired) electrons. The second kappa shape index (κ2) is 7.33. The molecule has 26 heavy (non-hydrogen) atoms. The highest BCUT2D eigenvalue weighted by atomic mass is 16.3. The summed E-state index contributed by atoms with van der Waals surface area (Å²) in [7, 11) is 0. The van der Waals surface area contributed by atoms with Crippen LogP contribution in [0, 0.1) is 0 Å². The summed E-state index contributed by atoms with van der Waals surface area (Å²) >= 11 is 0. The first-order valence-corrected chi connectivity index (χ1v) is 9.23. The number of hydrogen-bond donors (Lipinski definition) is 2. The number of quaternary nitrogens is 1. The van der Waals surface area contributed by atoms with E-state index in [1.807, 2.05) is 18.2 Å². The van der Waals surface area contributed by atoms with Gasteiger partial charge in [-0.25, -0.2) is 0 Å². The van der Waals surface area contributed by atoms with Crippen LogP contribution in [0.1, 0.15) is 29.7 Å². The number of fused-ring (bicyclic) bond motifs is 1. The molecule has 1 aromatic carbocycles. The van der Waals surface area contributed by atoms with E-state index in [2.05, 4.69) is 22.8 Å². The molecule has 136 valence electrons. The summed E-state index contributed by atoms with van der Waals surface area (Å²) in [4.78, 5) is 27.4. The van der Waals surface area contributed by atoms with Gasteiger partial charge in [-0.3, -0.25) is 9.59 Å². The van der Waals surface area contributed by atoms with Gasteiger partial charge in [0.25, 0.3) is 5.91 Å². The summed E-state index contributed by atoms with van der Waals surface area (Å²) in [6, 6.07) is 11.4. The number of carbonyl (C=O) groups is 2. The second-order valence-electron chi connectivity index (χ2n) is 7.01. The third-order valence-corrected chi connectivity index (χ3v) is 5.35. The normalized spacial score (nSPS) is 22.1. The van der Waals surface area contributed by atoms with E-state index in [9.17, 15) is 9.59 Å². The lowest BCUT2D eigenvalue weighted by molar-refractivity contribution is -0.695. The molecule has 2 aliphatic rings. The molecule has 0 bridgehead atoms. The van der Waals surface area contributed by atoms with Crippen molar-refractivity contribution in [2.75, 3.05) is 6.54 Å². The van der Waals surface area contributed by atoms with Gasteiger partial charge in [-0.1, -0.05) is 24.3 Å². The molecule has 1 fully saturated rings. The van der Waals surface area contributed by atoms with Gasteiger partial charge in [0.2, 0.25) is 5.91 Å². The summed E-state index contributed by atoms with van der Waals surface area (Å²) in [5.41, 5.74) is 2.54. The molecule has 1 saturated heterocycles. The molecule has 0 spiro atoms. The van der Waals surface area contributed by atoms with Gasteiger partial charge in [-0.15, -0.1) is 0 Å². The van der Waals surface area contributed by atoms with Crippen LogP contribution < -0.4 is 10.6 Å². The van der Waals surface area contributed by atoms with Crippen molar-refractivity contribution in [1.82, 2.24) is 10.2 Å². The third-order valence-electron chi connectivity index (χ3n) is 5.35. The predicted molar refractivity (Wildman–Crippen MR) is 94.9 cm³/mol. The van der Waals surface area contributed by atoms with Crippen LogP contribution in [-0.2, 0) is 29.1 Å². The Balaban J connectivity index is 1.40. The number of nitrogens with zero attached hydrogens (tertiary/aromatic N) is 1. The molecule has 6 nitrogen and oxygen atoms in total. The monoisotopic (exact) mass is 354 g/mol. The van der Waals surface area contributed by atoms with Gasteiger partial charge in [-0.2, -0.15) is 0 Å². The molecule has 4 rings (SSSR count). The Morgan fingerprint density at radius 3 is 2.85 bits per heavy atom. The van der Waals surface area contributed by atoms with E-state index in [0.29, 0.717) is 18.8 Å². The van der Waals surface area contributed by atoms with Crippen molar-refractivity contribution < 1.29 is 19.3 Å². The number of hydrogen-bond acceptors (Lipinski definition) is 3. The van der Waals surface area contributed by atoms with Gasteiger partial charge in [0, 0.05) is 18.5 Å². The summed E-state index contributed by atoms with van der Waals surface area (Å²) in [5.74, 6) is 0.699. The maximum atomic E-state index is 13.1. The van der Waals surface area contributed by atoms with E-state index in [0.717, 1.165) is 25.8 Å². The first-order valence-electron chi connectivity index (χ1n) is 9.23. The summed E-state index contributed by atoms with van der Waals surface area (Å²) in [5, 5.41) is 4.99. The Morgan fingerprint density at radius 1 is 1.19 bits per heavy atom. The fraction of sp³-hybridized carbons (Fsp3) is 0.400. The molecule has 2 aromatic rings. The van der Waals surface area contributed by atoms with Crippen LogP contribution in [0.3, 0.4) is 0 Å². The van der Waals surface area contributed by atoms with E-state index in [1.165, 1.54) is 11.1 Å².